The summed E-state index contributed by atoms with van der Waals surface area (Å²) in [6.45, 7) is 7.75. The molecule has 1 saturated heterocycles. The Morgan fingerprint density at radius 1 is 0.970 bits per heavy atom. The highest BCUT2D eigenvalue weighted by molar-refractivity contribution is 5.93. The molecule has 3 heterocycles. The van der Waals surface area contributed by atoms with Crippen molar-refractivity contribution < 1.29 is 8.78 Å². The Bertz CT molecular complexity index is 1260. The summed E-state index contributed by atoms with van der Waals surface area (Å²) in [5.74, 6) is 0.864. The van der Waals surface area contributed by atoms with E-state index in [1.165, 1.54) is 6.42 Å². The highest BCUT2D eigenvalue weighted by Crippen LogP contribution is 2.42. The van der Waals surface area contributed by atoms with Gasteiger partial charge in [0.25, 0.3) is 0 Å². The fourth-order valence-corrected chi connectivity index (χ4v) is 5.28. The quantitative estimate of drug-likeness (QED) is 0.444. The first-order chi connectivity index (χ1) is 16.0. The molecule has 0 radical (unpaired) electrons. The fourth-order valence-electron chi connectivity index (χ4n) is 5.28. The number of fused-ring (bicyclic) bond motifs is 2. The van der Waals surface area contributed by atoms with Crippen molar-refractivity contribution in [3.63, 3.8) is 0 Å². The minimum absolute atomic E-state index is 0.0979. The van der Waals surface area contributed by atoms with E-state index in [9.17, 15) is 4.39 Å². The Labute approximate surface area is 193 Å². The zero-order valence-electron chi connectivity index (χ0n) is 19.6. The van der Waals surface area contributed by atoms with Crippen molar-refractivity contribution in [2.24, 2.45) is 0 Å². The average Bonchev–Trinajstić information content (AvgIpc) is 2.84. The number of rotatable bonds is 4. The van der Waals surface area contributed by atoms with Crippen molar-refractivity contribution in [1.82, 2.24) is 15.0 Å². The summed E-state index contributed by atoms with van der Waals surface area (Å²) in [7, 11) is 0. The lowest BCUT2D eigenvalue weighted by Crippen LogP contribution is -2.30. The third-order valence-corrected chi connectivity index (χ3v) is 6.90. The lowest BCUT2D eigenvalue weighted by molar-refractivity contribution is 0.573. The van der Waals surface area contributed by atoms with Gasteiger partial charge in [0.1, 0.15) is 28.7 Å². The van der Waals surface area contributed by atoms with E-state index in [2.05, 4.69) is 20.9 Å². The van der Waals surface area contributed by atoms with Gasteiger partial charge in [-0.05, 0) is 61.8 Å². The van der Waals surface area contributed by atoms with E-state index in [0.29, 0.717) is 53.5 Å². The first-order valence-electron chi connectivity index (χ1n) is 12.1. The lowest BCUT2D eigenvalue weighted by Gasteiger charge is -2.29. The fraction of sp³-hybridized carbons (Fsp3) is 0.444. The van der Waals surface area contributed by atoms with Gasteiger partial charge in [-0.15, -0.1) is 0 Å². The van der Waals surface area contributed by atoms with Crippen LogP contribution < -0.4 is 4.90 Å². The average molecular weight is 449 g/mol. The Kier molecular flexibility index (Phi) is 5.85. The summed E-state index contributed by atoms with van der Waals surface area (Å²) in [5, 5.41) is 0.648. The number of piperidine rings is 1. The van der Waals surface area contributed by atoms with Crippen LogP contribution in [0.1, 0.15) is 68.5 Å². The minimum atomic E-state index is -0.447. The molecule has 33 heavy (non-hydrogen) atoms. The van der Waals surface area contributed by atoms with E-state index in [1.54, 1.807) is 6.20 Å². The second kappa shape index (κ2) is 8.81. The molecule has 3 aromatic rings. The smallest absolute Gasteiger partial charge is 0.175 e. The molecule has 6 heteroatoms. The number of halogens is 2. The Morgan fingerprint density at radius 3 is 2.48 bits per heavy atom. The van der Waals surface area contributed by atoms with Gasteiger partial charge < -0.3 is 4.90 Å². The second-order valence-corrected chi connectivity index (χ2v) is 9.13. The Balaban J connectivity index is 1.75. The molecule has 0 atom stereocenters. The monoisotopic (exact) mass is 448 g/mol. The van der Waals surface area contributed by atoms with Gasteiger partial charge >= 0.3 is 0 Å². The summed E-state index contributed by atoms with van der Waals surface area (Å²) < 4.78 is 30.9. The summed E-state index contributed by atoms with van der Waals surface area (Å²) in [4.78, 5) is 16.2. The van der Waals surface area contributed by atoms with E-state index in [-0.39, 0.29) is 11.5 Å². The molecule has 172 valence electrons. The van der Waals surface area contributed by atoms with Gasteiger partial charge in [0.05, 0.1) is 5.39 Å². The van der Waals surface area contributed by atoms with Crippen molar-refractivity contribution in [3.8, 4) is 11.3 Å². The van der Waals surface area contributed by atoms with E-state index in [4.69, 9.17) is 4.98 Å². The van der Waals surface area contributed by atoms with Crippen LogP contribution in [0.3, 0.4) is 0 Å². The number of benzene rings is 1. The maximum atomic E-state index is 16.2. The molecule has 2 aliphatic rings. The molecule has 5 rings (SSSR count). The van der Waals surface area contributed by atoms with E-state index >= 15 is 4.39 Å². The minimum Gasteiger partial charge on any atom is -0.356 e. The van der Waals surface area contributed by atoms with Crippen LogP contribution in [0.2, 0.25) is 0 Å². The predicted octanol–water partition coefficient (Wildman–Crippen LogP) is 6.73. The number of allylic oxidation sites excluding steroid dienone is 2. The summed E-state index contributed by atoms with van der Waals surface area (Å²) in [6, 6.07) is 4.02. The molecule has 1 aliphatic carbocycles. The molecule has 0 spiro atoms. The highest BCUT2D eigenvalue weighted by Gasteiger charge is 2.26. The van der Waals surface area contributed by atoms with Crippen LogP contribution in [-0.2, 0) is 12.8 Å². The highest BCUT2D eigenvalue weighted by atomic mass is 19.1. The van der Waals surface area contributed by atoms with Crippen molar-refractivity contribution in [2.45, 2.75) is 65.7 Å². The molecule has 0 unspecified atom stereocenters. The number of nitrogens with zero attached hydrogens (tertiary/aromatic N) is 4. The number of pyridine rings is 1. The van der Waals surface area contributed by atoms with Crippen LogP contribution in [0.5, 0.6) is 0 Å². The first-order valence-corrected chi connectivity index (χ1v) is 12.1. The van der Waals surface area contributed by atoms with E-state index in [1.807, 2.05) is 26.8 Å². The van der Waals surface area contributed by atoms with Gasteiger partial charge in [-0.3, -0.25) is 4.98 Å². The van der Waals surface area contributed by atoms with Crippen LogP contribution in [0.25, 0.3) is 27.7 Å². The number of aryl methyl sites for hydroxylation is 3. The Morgan fingerprint density at radius 2 is 1.76 bits per heavy atom. The third kappa shape index (κ3) is 3.79. The summed E-state index contributed by atoms with van der Waals surface area (Å²) in [5.41, 5.74) is 4.77. The zero-order chi connectivity index (χ0) is 23.1. The number of hydrogen-bond acceptors (Lipinski definition) is 4. The lowest BCUT2D eigenvalue weighted by atomic mass is 9.83. The maximum Gasteiger partial charge on any atom is 0.175 e. The summed E-state index contributed by atoms with van der Waals surface area (Å²) >= 11 is 0. The van der Waals surface area contributed by atoms with Gasteiger partial charge in [0.2, 0.25) is 0 Å². The van der Waals surface area contributed by atoms with Crippen LogP contribution in [0, 0.1) is 12.7 Å². The molecule has 0 N–H and O–H groups in total. The van der Waals surface area contributed by atoms with Gasteiger partial charge in [-0.25, -0.2) is 18.7 Å². The van der Waals surface area contributed by atoms with Crippen LogP contribution in [-0.4, -0.2) is 28.0 Å². The number of hydrogen-bond donors (Lipinski definition) is 0. The SMILES string of the molecule is CCC1=C(F)CCc2cc(C)cc(-c3ncc4c(N5CCCCC5)nc(CC)nc4c3F)c21. The van der Waals surface area contributed by atoms with Crippen molar-refractivity contribution in [3.05, 3.63) is 52.5 Å². The van der Waals surface area contributed by atoms with E-state index < -0.39 is 5.82 Å². The molecular weight excluding hydrogens is 418 g/mol. The van der Waals surface area contributed by atoms with Crippen LogP contribution >= 0.6 is 0 Å². The molecule has 1 aromatic carbocycles. The normalized spacial score (nSPS) is 16.5. The van der Waals surface area contributed by atoms with Crippen LogP contribution in [0.15, 0.2) is 24.2 Å². The van der Waals surface area contributed by atoms with Crippen molar-refractivity contribution in [1.29, 1.82) is 0 Å². The number of anilines is 1. The van der Waals surface area contributed by atoms with Gasteiger partial charge in [0.15, 0.2) is 5.82 Å². The summed E-state index contributed by atoms with van der Waals surface area (Å²) in [6.07, 6.45) is 7.34. The van der Waals surface area contributed by atoms with Gasteiger partial charge in [-0.1, -0.05) is 25.5 Å². The standard InChI is InChI=1S/C27H30F2N4/c1-4-18-21(28)10-9-17-13-16(3)14-19(23(17)18)25-24(29)26-20(15-30-25)27(32-22(5-2)31-26)33-11-7-6-8-12-33/h13-15H,4-12H2,1-3H3. The van der Waals surface area contributed by atoms with Gasteiger partial charge in [0, 0.05) is 37.7 Å². The second-order valence-electron chi connectivity index (χ2n) is 9.13. The molecule has 0 saturated carbocycles. The van der Waals surface area contributed by atoms with E-state index in [0.717, 1.165) is 48.4 Å². The van der Waals surface area contributed by atoms with Crippen LogP contribution in [0.4, 0.5) is 14.6 Å². The molecule has 0 amide bonds. The predicted molar refractivity (Wildman–Crippen MR) is 130 cm³/mol. The maximum absolute atomic E-state index is 16.2. The third-order valence-electron chi connectivity index (χ3n) is 6.90. The zero-order valence-corrected chi connectivity index (χ0v) is 19.6. The first kappa shape index (κ1) is 21.9. The van der Waals surface area contributed by atoms with Crippen molar-refractivity contribution >= 4 is 22.3 Å². The molecule has 1 aliphatic heterocycles. The topological polar surface area (TPSA) is 41.9 Å². The molecular formula is C27H30F2N4. The molecule has 0 bridgehead atoms. The molecule has 2 aromatic heterocycles. The Hall–Kier alpha value is -2.89. The largest absolute Gasteiger partial charge is 0.356 e. The van der Waals surface area contributed by atoms with Gasteiger partial charge in [-0.2, -0.15) is 0 Å². The molecule has 4 nitrogen and oxygen atoms in total. The molecule has 1 fully saturated rings. The number of aromatic nitrogens is 3. The van der Waals surface area contributed by atoms with Crippen molar-refractivity contribution in [2.75, 3.05) is 18.0 Å².